The van der Waals surface area contributed by atoms with Crippen LogP contribution < -0.4 is 0 Å². The molecule has 0 fully saturated rings. The molecule has 50 valence electrons. The predicted octanol–water partition coefficient (Wildman–Crippen LogP) is 1.59. The molecule has 9 heavy (non-hydrogen) atoms. The van der Waals surface area contributed by atoms with Crippen LogP contribution in [-0.4, -0.2) is 17.0 Å². The average molecular weight is 144 g/mol. The fourth-order valence-corrected chi connectivity index (χ4v) is 1.26. The molecule has 2 nitrogen and oxygen atoms in total. The lowest BCUT2D eigenvalue weighted by atomic mass is 10.5. The van der Waals surface area contributed by atoms with E-state index >= 15 is 0 Å². The monoisotopic (exact) mass is 144 g/mol. The van der Waals surface area contributed by atoms with E-state index in [1.165, 1.54) is 0 Å². The van der Waals surface area contributed by atoms with Crippen LogP contribution in [0, 0.1) is 0 Å². The smallest absolute Gasteiger partial charge is 0.126 e. The molecule has 3 heteroatoms. The molecule has 1 atom stereocenters. The van der Waals surface area contributed by atoms with Gasteiger partial charge in [0.05, 0.1) is 7.11 Å². The highest BCUT2D eigenvalue weighted by molar-refractivity contribution is 8.12. The highest BCUT2D eigenvalue weighted by Gasteiger charge is 1.93. The molecule has 1 rings (SSSR count). The second-order valence-corrected chi connectivity index (χ2v) is 2.77. The van der Waals surface area contributed by atoms with Crippen molar-refractivity contribution >= 4 is 16.1 Å². The van der Waals surface area contributed by atoms with E-state index in [1.54, 1.807) is 30.0 Å². The first-order valence-corrected chi connectivity index (χ1v) is 3.82. The fourth-order valence-electron chi connectivity index (χ4n) is 0.528. The maximum Gasteiger partial charge on any atom is 0.126 e. The highest BCUT2D eigenvalue weighted by atomic mass is 32.2. The zero-order valence-electron chi connectivity index (χ0n) is 5.07. The van der Waals surface area contributed by atoms with Crippen molar-refractivity contribution in [3.05, 3.63) is 23.3 Å². The molecule has 1 heterocycles. The number of methoxy groups -OCH3 is 1. The third-order valence-electron chi connectivity index (χ3n) is 0.951. The van der Waals surface area contributed by atoms with E-state index in [9.17, 15) is 0 Å². The van der Waals surface area contributed by atoms with Crippen LogP contribution in [0.15, 0.2) is 23.3 Å². The maximum absolute atomic E-state index is 8.98. The van der Waals surface area contributed by atoms with Gasteiger partial charge in [-0.25, -0.2) is 0 Å². The molecule has 0 aromatic heterocycles. The molecule has 0 aliphatic carbocycles. The molecule has 0 saturated carbocycles. The topological polar surface area (TPSA) is 29.5 Å². The molecule has 0 bridgehead atoms. The second kappa shape index (κ2) is 2.85. The number of allylic oxidation sites excluding steroid dienone is 2. The van der Waals surface area contributed by atoms with Crippen molar-refractivity contribution < 1.29 is 9.29 Å². The molecule has 0 aromatic carbocycles. The van der Waals surface area contributed by atoms with Crippen LogP contribution in [0.25, 0.3) is 0 Å². The van der Waals surface area contributed by atoms with Crippen LogP contribution in [0.5, 0.6) is 0 Å². The predicted molar refractivity (Wildman–Crippen MR) is 40.5 cm³/mol. The summed E-state index contributed by atoms with van der Waals surface area (Å²) < 4.78 is 13.8. The Labute approximate surface area is 56.6 Å². The van der Waals surface area contributed by atoms with Crippen LogP contribution in [0.4, 0.5) is 0 Å². The average Bonchev–Trinajstić information content (AvgIpc) is 1.88. The number of hydrogen-bond acceptors (Lipinski definition) is 2. The highest BCUT2D eigenvalue weighted by Crippen LogP contribution is 2.15. The Bertz CT molecular complexity index is 191. The molecule has 0 saturated heterocycles. The second-order valence-electron chi connectivity index (χ2n) is 1.57. The van der Waals surface area contributed by atoms with Gasteiger partial charge in [-0.15, -0.1) is 0 Å². The van der Waals surface area contributed by atoms with Crippen LogP contribution >= 0.6 is 10.8 Å². The molecular weight excluding hydrogens is 136 g/mol. The SMILES string of the molecule is COC1=CS(O)=CC=C1. The van der Waals surface area contributed by atoms with Crippen molar-refractivity contribution in [3.8, 4) is 0 Å². The number of ether oxygens (including phenoxy) is 1. The third kappa shape index (κ3) is 1.69. The van der Waals surface area contributed by atoms with E-state index in [2.05, 4.69) is 0 Å². The van der Waals surface area contributed by atoms with Crippen molar-refractivity contribution in [2.24, 2.45) is 0 Å². The minimum Gasteiger partial charge on any atom is -0.496 e. The van der Waals surface area contributed by atoms with E-state index in [0.29, 0.717) is 0 Å². The molecule has 1 aliphatic heterocycles. The quantitative estimate of drug-likeness (QED) is 0.566. The molecule has 0 amide bonds. The van der Waals surface area contributed by atoms with Gasteiger partial charge >= 0.3 is 0 Å². The summed E-state index contributed by atoms with van der Waals surface area (Å²) >= 11 is 0. The van der Waals surface area contributed by atoms with E-state index < -0.39 is 10.8 Å². The van der Waals surface area contributed by atoms with Crippen molar-refractivity contribution in [1.29, 1.82) is 0 Å². The summed E-state index contributed by atoms with van der Waals surface area (Å²) in [6, 6.07) is 0. The van der Waals surface area contributed by atoms with Gasteiger partial charge in [0.2, 0.25) is 0 Å². The molecule has 0 spiro atoms. The summed E-state index contributed by atoms with van der Waals surface area (Å²) in [7, 11) is 0.863. The summed E-state index contributed by atoms with van der Waals surface area (Å²) in [5.41, 5.74) is 0. The van der Waals surface area contributed by atoms with Gasteiger partial charge in [0.1, 0.15) is 5.76 Å². The standard InChI is InChI=1S/C6H8O2S/c1-8-6-3-2-4-9(7)5-6/h2-5,7H,1H3. The molecular formula is C6H8O2S. The lowest BCUT2D eigenvalue weighted by Crippen LogP contribution is -1.85. The Balaban J connectivity index is 2.78. The zero-order valence-corrected chi connectivity index (χ0v) is 5.89. The van der Waals surface area contributed by atoms with Crippen molar-refractivity contribution in [1.82, 2.24) is 0 Å². The first kappa shape index (κ1) is 6.58. The third-order valence-corrected chi connectivity index (χ3v) is 1.86. The van der Waals surface area contributed by atoms with Gasteiger partial charge in [0.15, 0.2) is 0 Å². The summed E-state index contributed by atoms with van der Waals surface area (Å²) in [6.07, 6.45) is 3.58. The van der Waals surface area contributed by atoms with Gasteiger partial charge in [0, 0.05) is 5.41 Å². The lowest BCUT2D eigenvalue weighted by molar-refractivity contribution is 0.308. The van der Waals surface area contributed by atoms with Gasteiger partial charge in [-0.1, -0.05) is 6.08 Å². The molecule has 0 aromatic rings. The van der Waals surface area contributed by atoms with Crippen LogP contribution in [0.3, 0.4) is 0 Å². The first-order chi connectivity index (χ1) is 4.33. The fraction of sp³-hybridized carbons (Fsp3) is 0.167. The van der Waals surface area contributed by atoms with E-state index in [0.717, 1.165) is 5.76 Å². The lowest BCUT2D eigenvalue weighted by Gasteiger charge is -2.02. The molecule has 0 radical (unpaired) electrons. The van der Waals surface area contributed by atoms with Gasteiger partial charge in [-0.2, -0.15) is 0 Å². The minimum atomic E-state index is -0.719. The Morgan fingerprint density at radius 1 is 1.67 bits per heavy atom. The van der Waals surface area contributed by atoms with Gasteiger partial charge in [-0.3, -0.25) is 0 Å². The summed E-state index contributed by atoms with van der Waals surface area (Å²) in [5, 5.41) is 3.38. The summed E-state index contributed by atoms with van der Waals surface area (Å²) in [6.45, 7) is 0. The summed E-state index contributed by atoms with van der Waals surface area (Å²) in [5.74, 6) is 0.725. The Morgan fingerprint density at radius 3 is 2.89 bits per heavy atom. The van der Waals surface area contributed by atoms with Gasteiger partial charge < -0.3 is 9.29 Å². The molecule has 1 aliphatic rings. The van der Waals surface area contributed by atoms with Gasteiger partial charge in [0.25, 0.3) is 0 Å². The molecule has 1 unspecified atom stereocenters. The van der Waals surface area contributed by atoms with Crippen molar-refractivity contribution in [2.45, 2.75) is 0 Å². The van der Waals surface area contributed by atoms with Crippen LogP contribution in [-0.2, 0) is 4.74 Å². The first-order valence-electron chi connectivity index (χ1n) is 2.51. The Kier molecular flexibility index (Phi) is 2.08. The van der Waals surface area contributed by atoms with Gasteiger partial charge in [-0.05, 0) is 22.2 Å². The van der Waals surface area contributed by atoms with E-state index in [4.69, 9.17) is 9.29 Å². The van der Waals surface area contributed by atoms with Crippen molar-refractivity contribution in [3.63, 3.8) is 0 Å². The Morgan fingerprint density at radius 2 is 2.44 bits per heavy atom. The minimum absolute atomic E-state index is 0.719. The number of rotatable bonds is 1. The van der Waals surface area contributed by atoms with Crippen LogP contribution in [0.1, 0.15) is 0 Å². The Hall–Kier alpha value is -0.540. The van der Waals surface area contributed by atoms with Crippen molar-refractivity contribution in [2.75, 3.05) is 7.11 Å². The number of hydrogen-bond donors (Lipinski definition) is 1. The van der Waals surface area contributed by atoms with E-state index in [1.807, 2.05) is 0 Å². The normalized spacial score (nSPS) is 24.7. The zero-order chi connectivity index (χ0) is 6.69. The maximum atomic E-state index is 8.98. The molecule has 1 N–H and O–H groups in total. The van der Waals surface area contributed by atoms with E-state index in [-0.39, 0.29) is 0 Å². The summed E-state index contributed by atoms with van der Waals surface area (Å²) in [4.78, 5) is 0. The largest absolute Gasteiger partial charge is 0.496 e. The van der Waals surface area contributed by atoms with Crippen LogP contribution in [0.2, 0.25) is 0 Å².